The van der Waals surface area contributed by atoms with Gasteiger partial charge < -0.3 is 19.2 Å². The smallest absolute Gasteiger partial charge is 0.338 e. The highest BCUT2D eigenvalue weighted by atomic mass is 79.9. The molecule has 0 saturated carbocycles. The lowest BCUT2D eigenvalue weighted by Crippen LogP contribution is -2.14. The molecule has 144 valence electrons. The predicted molar refractivity (Wildman–Crippen MR) is 108 cm³/mol. The van der Waals surface area contributed by atoms with Gasteiger partial charge >= 0.3 is 5.97 Å². The third-order valence-corrected chi connectivity index (χ3v) is 4.39. The van der Waals surface area contributed by atoms with Crippen LogP contribution in [0.4, 0.5) is 5.69 Å². The molecule has 7 heteroatoms. The van der Waals surface area contributed by atoms with E-state index >= 15 is 0 Å². The Hall–Kier alpha value is -3.06. The molecular formula is C21H18BrNO5. The first-order valence-electron chi connectivity index (χ1n) is 8.54. The highest BCUT2D eigenvalue weighted by molar-refractivity contribution is 9.10. The Morgan fingerprint density at radius 2 is 1.86 bits per heavy atom. The van der Waals surface area contributed by atoms with Crippen LogP contribution < -0.4 is 10.1 Å². The van der Waals surface area contributed by atoms with Crippen LogP contribution in [-0.2, 0) is 4.74 Å². The molecule has 0 bridgehead atoms. The number of hydrogen-bond acceptors (Lipinski definition) is 5. The molecule has 0 saturated heterocycles. The number of ether oxygens (including phenoxy) is 2. The molecule has 0 spiro atoms. The molecule has 28 heavy (non-hydrogen) atoms. The minimum atomic E-state index is -0.493. The summed E-state index contributed by atoms with van der Waals surface area (Å²) in [4.78, 5) is 24.4. The second-order valence-electron chi connectivity index (χ2n) is 5.90. The molecular weight excluding hydrogens is 426 g/mol. The van der Waals surface area contributed by atoms with Crippen LogP contribution in [-0.4, -0.2) is 25.1 Å². The van der Waals surface area contributed by atoms with Crippen LogP contribution >= 0.6 is 15.9 Å². The fourth-order valence-corrected chi connectivity index (χ4v) is 2.65. The third kappa shape index (κ3) is 5.23. The number of benzene rings is 2. The van der Waals surface area contributed by atoms with Crippen molar-refractivity contribution < 1.29 is 23.5 Å². The Kier molecular flexibility index (Phi) is 6.49. The molecule has 0 atom stereocenters. The largest absolute Gasteiger partial charge is 0.490 e. The third-order valence-electron chi connectivity index (χ3n) is 3.87. The van der Waals surface area contributed by atoms with Crippen LogP contribution in [0, 0.1) is 6.92 Å². The number of hydrogen-bond donors (Lipinski definition) is 1. The fourth-order valence-electron chi connectivity index (χ4n) is 2.38. The van der Waals surface area contributed by atoms with E-state index in [2.05, 4.69) is 21.2 Å². The van der Waals surface area contributed by atoms with Crippen LogP contribution in [0.5, 0.6) is 5.75 Å². The Balaban J connectivity index is 1.54. The average Bonchev–Trinajstić information content (AvgIpc) is 3.23. The Morgan fingerprint density at radius 1 is 1.07 bits per heavy atom. The lowest BCUT2D eigenvalue weighted by atomic mass is 10.1. The molecule has 0 aliphatic heterocycles. The molecule has 0 unspecified atom stereocenters. The van der Waals surface area contributed by atoms with Crippen molar-refractivity contribution in [2.75, 3.05) is 18.5 Å². The SMILES string of the molecule is Cc1ccc(C(=O)OCCOc2ccc(Br)cc2)cc1NC(=O)c1ccco1. The number of aryl methyl sites for hydroxylation is 1. The van der Waals surface area contributed by atoms with Crippen molar-refractivity contribution >= 4 is 33.5 Å². The minimum absolute atomic E-state index is 0.108. The van der Waals surface area contributed by atoms with Gasteiger partial charge in [-0.05, 0) is 61.0 Å². The maximum Gasteiger partial charge on any atom is 0.338 e. The monoisotopic (exact) mass is 443 g/mol. The lowest BCUT2D eigenvalue weighted by Gasteiger charge is -2.10. The summed E-state index contributed by atoms with van der Waals surface area (Å²) in [5.74, 6) is 0.00407. The van der Waals surface area contributed by atoms with Gasteiger partial charge in [0.1, 0.15) is 19.0 Å². The van der Waals surface area contributed by atoms with Gasteiger partial charge in [-0.2, -0.15) is 0 Å². The van der Waals surface area contributed by atoms with Crippen molar-refractivity contribution in [3.63, 3.8) is 0 Å². The van der Waals surface area contributed by atoms with E-state index in [0.717, 1.165) is 10.0 Å². The fraction of sp³-hybridized carbons (Fsp3) is 0.143. The van der Waals surface area contributed by atoms with Crippen molar-refractivity contribution in [2.24, 2.45) is 0 Å². The molecule has 0 fully saturated rings. The molecule has 1 heterocycles. The normalized spacial score (nSPS) is 10.4. The summed E-state index contributed by atoms with van der Waals surface area (Å²) in [6.07, 6.45) is 1.42. The average molecular weight is 444 g/mol. The minimum Gasteiger partial charge on any atom is -0.490 e. The van der Waals surface area contributed by atoms with Gasteiger partial charge in [0.2, 0.25) is 0 Å². The number of anilines is 1. The van der Waals surface area contributed by atoms with E-state index < -0.39 is 5.97 Å². The number of carbonyl (C=O) groups is 2. The van der Waals surface area contributed by atoms with Gasteiger partial charge in [0.05, 0.1) is 11.8 Å². The van der Waals surface area contributed by atoms with Crippen molar-refractivity contribution in [3.8, 4) is 5.75 Å². The van der Waals surface area contributed by atoms with Crippen LogP contribution in [0.25, 0.3) is 0 Å². The van der Waals surface area contributed by atoms with Gasteiger partial charge in [-0.25, -0.2) is 4.79 Å². The van der Waals surface area contributed by atoms with E-state index in [9.17, 15) is 9.59 Å². The number of nitrogens with one attached hydrogen (secondary N) is 1. The number of carbonyl (C=O) groups excluding carboxylic acids is 2. The zero-order valence-corrected chi connectivity index (χ0v) is 16.7. The molecule has 0 aliphatic carbocycles. The van der Waals surface area contributed by atoms with Crippen molar-refractivity contribution in [2.45, 2.75) is 6.92 Å². The van der Waals surface area contributed by atoms with E-state index in [4.69, 9.17) is 13.9 Å². The maximum atomic E-state index is 12.3. The first-order valence-corrected chi connectivity index (χ1v) is 9.33. The summed E-state index contributed by atoms with van der Waals surface area (Å²) < 4.78 is 16.8. The zero-order valence-electron chi connectivity index (χ0n) is 15.1. The van der Waals surface area contributed by atoms with Gasteiger partial charge in [0.25, 0.3) is 5.91 Å². The van der Waals surface area contributed by atoms with Gasteiger partial charge in [-0.1, -0.05) is 22.0 Å². The molecule has 3 aromatic rings. The summed E-state index contributed by atoms with van der Waals surface area (Å²) in [6, 6.07) is 15.5. The first-order chi connectivity index (χ1) is 13.5. The van der Waals surface area contributed by atoms with E-state index in [-0.39, 0.29) is 24.9 Å². The second-order valence-corrected chi connectivity index (χ2v) is 6.82. The summed E-state index contributed by atoms with van der Waals surface area (Å²) >= 11 is 3.35. The van der Waals surface area contributed by atoms with Gasteiger partial charge in [-0.15, -0.1) is 0 Å². The van der Waals surface area contributed by atoms with E-state index in [1.54, 1.807) is 30.3 Å². The number of halogens is 1. The summed E-state index contributed by atoms with van der Waals surface area (Å²) in [6.45, 7) is 2.18. The topological polar surface area (TPSA) is 77.8 Å². The molecule has 1 aromatic heterocycles. The molecule has 3 rings (SSSR count). The maximum absolute atomic E-state index is 12.3. The molecule has 6 nitrogen and oxygen atoms in total. The van der Waals surface area contributed by atoms with Crippen molar-refractivity contribution in [1.29, 1.82) is 0 Å². The van der Waals surface area contributed by atoms with E-state index in [1.807, 2.05) is 31.2 Å². The predicted octanol–water partition coefficient (Wildman–Crippen LogP) is 4.84. The first kappa shape index (κ1) is 19.7. The number of esters is 1. The second kappa shape index (κ2) is 9.23. The van der Waals surface area contributed by atoms with E-state index in [1.165, 1.54) is 6.26 Å². The zero-order chi connectivity index (χ0) is 19.9. The van der Waals surface area contributed by atoms with Crippen LogP contribution in [0.3, 0.4) is 0 Å². The molecule has 0 radical (unpaired) electrons. The number of amides is 1. The van der Waals surface area contributed by atoms with Crippen LogP contribution in [0.15, 0.2) is 69.8 Å². The van der Waals surface area contributed by atoms with E-state index in [0.29, 0.717) is 17.0 Å². The molecule has 1 amide bonds. The Labute approximate surface area is 170 Å². The summed E-state index contributed by atoms with van der Waals surface area (Å²) in [5.41, 5.74) is 1.67. The summed E-state index contributed by atoms with van der Waals surface area (Å²) in [7, 11) is 0. The number of furan rings is 1. The Morgan fingerprint density at radius 3 is 2.57 bits per heavy atom. The Bertz CT molecular complexity index is 951. The van der Waals surface area contributed by atoms with Crippen LogP contribution in [0.2, 0.25) is 0 Å². The lowest BCUT2D eigenvalue weighted by molar-refractivity contribution is 0.0450. The highest BCUT2D eigenvalue weighted by Crippen LogP contribution is 2.19. The molecule has 0 aliphatic rings. The molecule has 2 aromatic carbocycles. The van der Waals surface area contributed by atoms with Gasteiger partial charge in [0.15, 0.2) is 5.76 Å². The van der Waals surface area contributed by atoms with Crippen LogP contribution in [0.1, 0.15) is 26.5 Å². The standard InChI is InChI=1S/C21H18BrNO5/c1-14-4-5-15(13-18(14)23-20(24)19-3-2-10-27-19)21(25)28-12-11-26-17-8-6-16(22)7-9-17/h2-10,13H,11-12H2,1H3,(H,23,24). The molecule has 1 N–H and O–H groups in total. The van der Waals surface area contributed by atoms with Crippen molar-refractivity contribution in [1.82, 2.24) is 0 Å². The van der Waals surface area contributed by atoms with Gasteiger partial charge in [-0.3, -0.25) is 4.79 Å². The van der Waals surface area contributed by atoms with Crippen molar-refractivity contribution in [3.05, 3.63) is 82.2 Å². The summed E-state index contributed by atoms with van der Waals surface area (Å²) in [5, 5.41) is 2.73. The highest BCUT2D eigenvalue weighted by Gasteiger charge is 2.13. The number of rotatable bonds is 7. The quantitative estimate of drug-likeness (QED) is 0.417. The van der Waals surface area contributed by atoms with Gasteiger partial charge in [0, 0.05) is 10.2 Å².